The van der Waals surface area contributed by atoms with E-state index >= 15 is 0 Å². The van der Waals surface area contributed by atoms with Gasteiger partial charge in [-0.1, -0.05) is 0 Å². The first-order chi connectivity index (χ1) is 6.24. The van der Waals surface area contributed by atoms with Crippen LogP contribution in [0.25, 0.3) is 0 Å². The Labute approximate surface area is 83.7 Å². The molecule has 0 unspecified atom stereocenters. The van der Waals surface area contributed by atoms with Crippen LogP contribution in [0.5, 0.6) is 0 Å². The zero-order valence-corrected chi connectivity index (χ0v) is 9.10. The second-order valence-corrected chi connectivity index (χ2v) is 4.28. The van der Waals surface area contributed by atoms with E-state index in [-0.39, 0.29) is 0 Å². The first kappa shape index (κ1) is 10.6. The van der Waals surface area contributed by atoms with E-state index in [1.807, 2.05) is 18.7 Å². The van der Waals surface area contributed by atoms with E-state index in [1.165, 1.54) is 5.69 Å². The first-order valence-electron chi connectivity index (χ1n) is 4.53. The van der Waals surface area contributed by atoms with Crippen LogP contribution in [0.4, 0.5) is 0 Å². The quantitative estimate of drug-likeness (QED) is 0.724. The van der Waals surface area contributed by atoms with Crippen LogP contribution in [0.2, 0.25) is 0 Å². The summed E-state index contributed by atoms with van der Waals surface area (Å²) in [5, 5.41) is 4.38. The number of aromatic nitrogens is 2. The van der Waals surface area contributed by atoms with Crippen molar-refractivity contribution in [2.75, 3.05) is 18.1 Å². The Balaban J connectivity index is 2.32. The molecule has 2 N–H and O–H groups in total. The summed E-state index contributed by atoms with van der Waals surface area (Å²) in [6.45, 7) is 5.87. The van der Waals surface area contributed by atoms with E-state index < -0.39 is 0 Å². The van der Waals surface area contributed by atoms with Crippen LogP contribution < -0.4 is 5.73 Å². The molecule has 4 heteroatoms. The minimum absolute atomic E-state index is 0.766. The zero-order valence-electron chi connectivity index (χ0n) is 8.29. The maximum Gasteiger partial charge on any atom is 0.0596 e. The van der Waals surface area contributed by atoms with Gasteiger partial charge >= 0.3 is 0 Å². The predicted molar refractivity (Wildman–Crippen MR) is 58.1 cm³/mol. The largest absolute Gasteiger partial charge is 0.330 e. The van der Waals surface area contributed by atoms with Crippen LogP contribution in [0.3, 0.4) is 0 Å². The van der Waals surface area contributed by atoms with Gasteiger partial charge in [0.25, 0.3) is 0 Å². The molecule has 0 aliphatic heterocycles. The van der Waals surface area contributed by atoms with E-state index in [2.05, 4.69) is 22.8 Å². The van der Waals surface area contributed by atoms with Gasteiger partial charge in [0.2, 0.25) is 0 Å². The third-order valence-corrected chi connectivity index (χ3v) is 2.81. The average Bonchev–Trinajstić information content (AvgIpc) is 2.39. The molecule has 13 heavy (non-hydrogen) atoms. The van der Waals surface area contributed by atoms with Gasteiger partial charge in [0.1, 0.15) is 0 Å². The molecular weight excluding hydrogens is 182 g/mol. The van der Waals surface area contributed by atoms with Crippen molar-refractivity contribution in [2.24, 2.45) is 5.73 Å². The number of aryl methyl sites for hydroxylation is 3. The van der Waals surface area contributed by atoms with E-state index in [1.54, 1.807) is 0 Å². The molecule has 0 fully saturated rings. The molecule has 1 aromatic rings. The normalized spacial score (nSPS) is 10.7. The molecule has 0 aromatic carbocycles. The van der Waals surface area contributed by atoms with Crippen molar-refractivity contribution in [1.82, 2.24) is 9.78 Å². The summed E-state index contributed by atoms with van der Waals surface area (Å²) < 4.78 is 2.05. The maximum absolute atomic E-state index is 5.40. The van der Waals surface area contributed by atoms with Gasteiger partial charge < -0.3 is 5.73 Å². The van der Waals surface area contributed by atoms with Gasteiger partial charge in [0.15, 0.2) is 0 Å². The Morgan fingerprint density at radius 2 is 2.23 bits per heavy atom. The lowest BCUT2D eigenvalue weighted by molar-refractivity contribution is 0.640. The third-order valence-electron chi connectivity index (χ3n) is 1.81. The van der Waals surface area contributed by atoms with Crippen molar-refractivity contribution < 1.29 is 0 Å². The number of thioether (sulfide) groups is 1. The number of hydrogen-bond donors (Lipinski definition) is 1. The van der Waals surface area contributed by atoms with Gasteiger partial charge in [-0.15, -0.1) is 0 Å². The highest BCUT2D eigenvalue weighted by molar-refractivity contribution is 7.99. The zero-order chi connectivity index (χ0) is 9.68. The lowest BCUT2D eigenvalue weighted by atomic mass is 10.4. The van der Waals surface area contributed by atoms with E-state index in [0.29, 0.717) is 0 Å². The molecule has 0 saturated carbocycles. The Morgan fingerprint density at radius 3 is 2.77 bits per heavy atom. The molecule has 0 amide bonds. The van der Waals surface area contributed by atoms with Crippen LogP contribution >= 0.6 is 11.8 Å². The molecule has 0 spiro atoms. The SMILES string of the molecule is Cc1cc(C)n(CCSCCN)n1. The molecule has 0 saturated heterocycles. The summed E-state index contributed by atoms with van der Waals surface area (Å²) in [6, 6.07) is 2.10. The highest BCUT2D eigenvalue weighted by Crippen LogP contribution is 2.04. The smallest absolute Gasteiger partial charge is 0.0596 e. The Kier molecular flexibility index (Phi) is 4.32. The fourth-order valence-electron chi connectivity index (χ4n) is 1.24. The summed E-state index contributed by atoms with van der Waals surface area (Å²) in [4.78, 5) is 0. The third kappa shape index (κ3) is 3.40. The van der Waals surface area contributed by atoms with Gasteiger partial charge in [0, 0.05) is 23.7 Å². The van der Waals surface area contributed by atoms with Crippen molar-refractivity contribution in [2.45, 2.75) is 20.4 Å². The summed E-state index contributed by atoms with van der Waals surface area (Å²) >= 11 is 1.88. The minimum Gasteiger partial charge on any atom is -0.330 e. The number of rotatable bonds is 5. The van der Waals surface area contributed by atoms with Gasteiger partial charge in [-0.2, -0.15) is 16.9 Å². The van der Waals surface area contributed by atoms with Crippen molar-refractivity contribution >= 4 is 11.8 Å². The summed E-state index contributed by atoms with van der Waals surface area (Å²) in [7, 11) is 0. The van der Waals surface area contributed by atoms with Gasteiger partial charge in [-0.25, -0.2) is 0 Å². The van der Waals surface area contributed by atoms with E-state index in [0.717, 1.165) is 30.3 Å². The lowest BCUT2D eigenvalue weighted by Crippen LogP contribution is -2.07. The fraction of sp³-hybridized carbons (Fsp3) is 0.667. The molecule has 3 nitrogen and oxygen atoms in total. The summed E-state index contributed by atoms with van der Waals surface area (Å²) in [6.07, 6.45) is 0. The fourth-order valence-corrected chi connectivity index (χ4v) is 1.91. The number of nitrogens with zero attached hydrogens (tertiary/aromatic N) is 2. The Morgan fingerprint density at radius 1 is 1.46 bits per heavy atom. The average molecular weight is 199 g/mol. The highest BCUT2D eigenvalue weighted by Gasteiger charge is 1.99. The standard InChI is InChI=1S/C9H17N3S/c1-8-7-9(2)12(11-8)4-6-13-5-3-10/h7H,3-6,10H2,1-2H3. The Bertz CT molecular complexity index is 257. The van der Waals surface area contributed by atoms with Gasteiger partial charge in [0.05, 0.1) is 12.2 Å². The molecule has 0 radical (unpaired) electrons. The van der Waals surface area contributed by atoms with Crippen LogP contribution in [-0.2, 0) is 6.54 Å². The molecule has 74 valence electrons. The number of hydrogen-bond acceptors (Lipinski definition) is 3. The minimum atomic E-state index is 0.766. The van der Waals surface area contributed by atoms with Crippen LogP contribution in [0.15, 0.2) is 6.07 Å². The second-order valence-electron chi connectivity index (χ2n) is 3.05. The lowest BCUT2D eigenvalue weighted by Gasteiger charge is -2.03. The van der Waals surface area contributed by atoms with Crippen LogP contribution in [-0.4, -0.2) is 27.8 Å². The summed E-state index contributed by atoms with van der Waals surface area (Å²) in [5.74, 6) is 2.14. The molecule has 1 aromatic heterocycles. The monoisotopic (exact) mass is 199 g/mol. The number of nitrogens with two attached hydrogens (primary N) is 1. The van der Waals surface area contributed by atoms with Gasteiger partial charge in [-0.3, -0.25) is 4.68 Å². The molecule has 0 aliphatic rings. The second kappa shape index (κ2) is 5.29. The van der Waals surface area contributed by atoms with Crippen molar-refractivity contribution in [3.63, 3.8) is 0 Å². The highest BCUT2D eigenvalue weighted by atomic mass is 32.2. The predicted octanol–water partition coefficient (Wildman–Crippen LogP) is 1.19. The molecule has 0 bridgehead atoms. The molecule has 1 rings (SSSR count). The maximum atomic E-state index is 5.40. The molecule has 1 heterocycles. The van der Waals surface area contributed by atoms with Gasteiger partial charge in [-0.05, 0) is 19.9 Å². The molecule has 0 atom stereocenters. The van der Waals surface area contributed by atoms with Crippen molar-refractivity contribution in [1.29, 1.82) is 0 Å². The molecule has 0 aliphatic carbocycles. The summed E-state index contributed by atoms with van der Waals surface area (Å²) in [5.41, 5.74) is 7.74. The topological polar surface area (TPSA) is 43.8 Å². The van der Waals surface area contributed by atoms with Crippen molar-refractivity contribution in [3.8, 4) is 0 Å². The van der Waals surface area contributed by atoms with Crippen LogP contribution in [0.1, 0.15) is 11.4 Å². The Hall–Kier alpha value is -0.480. The molecular formula is C9H17N3S. The van der Waals surface area contributed by atoms with Crippen molar-refractivity contribution in [3.05, 3.63) is 17.5 Å². The van der Waals surface area contributed by atoms with E-state index in [9.17, 15) is 0 Å². The van der Waals surface area contributed by atoms with Crippen LogP contribution in [0, 0.1) is 13.8 Å². The first-order valence-corrected chi connectivity index (χ1v) is 5.68. The van der Waals surface area contributed by atoms with E-state index in [4.69, 9.17) is 5.73 Å².